The largest absolute Gasteiger partial charge is 0.379 e. The van der Waals surface area contributed by atoms with Crippen LogP contribution in [0.15, 0.2) is 48.8 Å². The molecule has 10 nitrogen and oxygen atoms in total. The Labute approximate surface area is 226 Å². The summed E-state index contributed by atoms with van der Waals surface area (Å²) in [6.45, 7) is 7.53. The number of nitrogens with one attached hydrogen (secondary N) is 1. The first-order chi connectivity index (χ1) is 19.2. The molecule has 3 aromatic heterocycles. The second-order valence-corrected chi connectivity index (χ2v) is 10.2. The molecule has 0 saturated carbocycles. The first-order valence-corrected chi connectivity index (χ1v) is 13.6. The topological polar surface area (TPSA) is 97.2 Å². The van der Waals surface area contributed by atoms with Crippen LogP contribution >= 0.6 is 0 Å². The molecule has 0 bridgehead atoms. The van der Waals surface area contributed by atoms with Crippen LogP contribution < -0.4 is 4.90 Å². The molecule has 0 amide bonds. The van der Waals surface area contributed by atoms with Crippen molar-refractivity contribution >= 4 is 27.8 Å². The van der Waals surface area contributed by atoms with Gasteiger partial charge in [-0.15, -0.1) is 0 Å². The molecule has 2 aliphatic rings. The van der Waals surface area contributed by atoms with Gasteiger partial charge in [-0.2, -0.15) is 10.2 Å². The third-order valence-corrected chi connectivity index (χ3v) is 7.79. The minimum absolute atomic E-state index is 0.686. The molecule has 1 N–H and O–H groups in total. The first kappa shape index (κ1) is 24.2. The molecule has 5 heterocycles. The molecule has 10 heteroatoms. The summed E-state index contributed by atoms with van der Waals surface area (Å²) >= 11 is 0. The van der Waals surface area contributed by atoms with Crippen molar-refractivity contribution in [3.63, 3.8) is 0 Å². The van der Waals surface area contributed by atoms with Crippen LogP contribution in [0.1, 0.15) is 5.69 Å². The Hall–Kier alpha value is -3.86. The molecular formula is C29H32N8O2. The summed E-state index contributed by atoms with van der Waals surface area (Å²) in [6, 6.07) is 12.9. The van der Waals surface area contributed by atoms with Gasteiger partial charge in [-0.05, 0) is 17.7 Å². The quantitative estimate of drug-likeness (QED) is 0.362. The van der Waals surface area contributed by atoms with Crippen LogP contribution in [0.2, 0.25) is 0 Å². The maximum atomic E-state index is 5.56. The van der Waals surface area contributed by atoms with Crippen molar-refractivity contribution in [2.45, 2.75) is 6.42 Å². The van der Waals surface area contributed by atoms with E-state index < -0.39 is 0 Å². The van der Waals surface area contributed by atoms with Crippen molar-refractivity contribution in [3.05, 3.63) is 54.5 Å². The van der Waals surface area contributed by atoms with E-state index in [0.29, 0.717) is 13.2 Å². The highest BCUT2D eigenvalue weighted by molar-refractivity contribution is 5.91. The maximum absolute atomic E-state index is 5.56. The van der Waals surface area contributed by atoms with Gasteiger partial charge in [0.15, 0.2) is 0 Å². The highest BCUT2D eigenvalue weighted by Crippen LogP contribution is 2.35. The Kier molecular flexibility index (Phi) is 6.43. The minimum Gasteiger partial charge on any atom is -0.379 e. The molecular weight excluding hydrogens is 492 g/mol. The molecule has 0 radical (unpaired) electrons. The molecule has 2 fully saturated rings. The van der Waals surface area contributed by atoms with E-state index >= 15 is 0 Å². The van der Waals surface area contributed by atoms with E-state index in [2.05, 4.69) is 56.4 Å². The van der Waals surface area contributed by atoms with Crippen molar-refractivity contribution in [2.24, 2.45) is 7.05 Å². The van der Waals surface area contributed by atoms with Gasteiger partial charge < -0.3 is 14.4 Å². The fraction of sp³-hybridized carbons (Fsp3) is 0.379. The molecule has 200 valence electrons. The number of hydrogen-bond acceptors (Lipinski definition) is 8. The molecule has 0 spiro atoms. The van der Waals surface area contributed by atoms with Crippen LogP contribution in [-0.4, -0.2) is 94.0 Å². The van der Waals surface area contributed by atoms with Gasteiger partial charge >= 0.3 is 0 Å². The molecule has 7 rings (SSSR count). The van der Waals surface area contributed by atoms with E-state index in [1.807, 2.05) is 24.1 Å². The maximum Gasteiger partial charge on any atom is 0.226 e. The summed E-state index contributed by atoms with van der Waals surface area (Å²) in [7, 11) is 2.02. The summed E-state index contributed by atoms with van der Waals surface area (Å²) in [6.07, 6.45) is 4.71. The number of hydrogen-bond donors (Lipinski definition) is 1. The predicted molar refractivity (Wildman–Crippen MR) is 151 cm³/mol. The number of benzene rings is 2. The van der Waals surface area contributed by atoms with E-state index in [4.69, 9.17) is 24.5 Å². The number of rotatable bonds is 6. The zero-order valence-electron chi connectivity index (χ0n) is 22.1. The van der Waals surface area contributed by atoms with Crippen LogP contribution in [0.4, 0.5) is 5.95 Å². The summed E-state index contributed by atoms with van der Waals surface area (Å²) in [5.74, 6) is 0.732. The van der Waals surface area contributed by atoms with Gasteiger partial charge in [-0.25, -0.2) is 9.97 Å². The van der Waals surface area contributed by atoms with Crippen LogP contribution in [0.3, 0.4) is 0 Å². The number of ether oxygens (including phenoxy) is 2. The Morgan fingerprint density at radius 2 is 1.69 bits per heavy atom. The van der Waals surface area contributed by atoms with Gasteiger partial charge in [0.2, 0.25) is 5.95 Å². The second kappa shape index (κ2) is 10.4. The fourth-order valence-corrected chi connectivity index (χ4v) is 5.58. The van der Waals surface area contributed by atoms with E-state index in [1.165, 1.54) is 5.39 Å². The van der Waals surface area contributed by atoms with Crippen molar-refractivity contribution < 1.29 is 9.47 Å². The van der Waals surface area contributed by atoms with E-state index in [-0.39, 0.29) is 0 Å². The number of H-pyrrole nitrogens is 1. The average molecular weight is 525 g/mol. The average Bonchev–Trinajstić information content (AvgIpc) is 3.60. The number of fused-ring (bicyclic) bond motifs is 2. The van der Waals surface area contributed by atoms with Crippen LogP contribution in [0.25, 0.3) is 44.2 Å². The lowest BCUT2D eigenvalue weighted by atomic mass is 9.99. The second-order valence-electron chi connectivity index (χ2n) is 10.2. The molecule has 2 aromatic carbocycles. The van der Waals surface area contributed by atoms with Crippen molar-refractivity contribution in [1.29, 1.82) is 0 Å². The molecule has 5 aromatic rings. The smallest absolute Gasteiger partial charge is 0.226 e. The third-order valence-electron chi connectivity index (χ3n) is 7.79. The number of morpholine rings is 2. The summed E-state index contributed by atoms with van der Waals surface area (Å²) in [5.41, 5.74) is 7.20. The zero-order valence-corrected chi connectivity index (χ0v) is 22.1. The number of aryl methyl sites for hydroxylation is 1. The monoisotopic (exact) mass is 524 g/mol. The molecule has 2 aliphatic heterocycles. The van der Waals surface area contributed by atoms with E-state index in [9.17, 15) is 0 Å². The lowest BCUT2D eigenvalue weighted by molar-refractivity contribution is 0.0383. The Balaban J connectivity index is 1.28. The van der Waals surface area contributed by atoms with Crippen LogP contribution in [0, 0.1) is 0 Å². The van der Waals surface area contributed by atoms with Gasteiger partial charge in [0.1, 0.15) is 0 Å². The number of aromatic nitrogens is 6. The van der Waals surface area contributed by atoms with Crippen LogP contribution in [-0.2, 0) is 22.9 Å². The molecule has 0 atom stereocenters. The van der Waals surface area contributed by atoms with Crippen molar-refractivity contribution in [2.75, 3.05) is 64.1 Å². The van der Waals surface area contributed by atoms with Gasteiger partial charge in [0.05, 0.1) is 55.0 Å². The third kappa shape index (κ3) is 4.75. The molecule has 0 aliphatic carbocycles. The summed E-state index contributed by atoms with van der Waals surface area (Å²) in [5, 5.41) is 14.4. The lowest BCUT2D eigenvalue weighted by Crippen LogP contribution is -2.37. The Bertz CT molecular complexity index is 1610. The summed E-state index contributed by atoms with van der Waals surface area (Å²) < 4.78 is 13.1. The predicted octanol–water partition coefficient (Wildman–Crippen LogP) is 3.28. The summed E-state index contributed by atoms with van der Waals surface area (Å²) in [4.78, 5) is 14.6. The Morgan fingerprint density at radius 3 is 2.54 bits per heavy atom. The van der Waals surface area contributed by atoms with Crippen LogP contribution in [0.5, 0.6) is 0 Å². The van der Waals surface area contributed by atoms with Gasteiger partial charge in [-0.3, -0.25) is 14.7 Å². The zero-order chi connectivity index (χ0) is 26.2. The molecule has 2 saturated heterocycles. The minimum atomic E-state index is 0.686. The number of aromatic amines is 1. The highest BCUT2D eigenvalue weighted by Gasteiger charge is 2.20. The normalized spacial score (nSPS) is 16.9. The van der Waals surface area contributed by atoms with Crippen molar-refractivity contribution in [3.8, 4) is 22.4 Å². The SMILES string of the molecule is Cn1nc(CCN2CCOCC2)c2ccc(-c3nc(N4CCOCC4)ncc3-c3ccc4cn[nH]c4c3)cc21. The standard InChI is InChI=1S/C29H32N8O2/c1-35-27-17-21(4-5-23(27)25(34-35)6-7-36-8-12-38-13-9-36)28-24(20-2-3-22-18-31-33-26(22)16-20)19-30-29(32-28)37-10-14-39-15-11-37/h2-5,16-19H,6-15H2,1H3,(H,31,33). The number of nitrogens with zero attached hydrogens (tertiary/aromatic N) is 7. The fourth-order valence-electron chi connectivity index (χ4n) is 5.58. The molecule has 39 heavy (non-hydrogen) atoms. The Morgan fingerprint density at radius 1 is 0.897 bits per heavy atom. The van der Waals surface area contributed by atoms with Gasteiger partial charge in [-0.1, -0.05) is 24.3 Å². The molecule has 0 unspecified atom stereocenters. The van der Waals surface area contributed by atoms with E-state index in [1.54, 1.807) is 0 Å². The lowest BCUT2D eigenvalue weighted by Gasteiger charge is -2.27. The van der Waals surface area contributed by atoms with Crippen molar-refractivity contribution in [1.82, 2.24) is 34.8 Å². The van der Waals surface area contributed by atoms with E-state index in [0.717, 1.165) is 103 Å². The van der Waals surface area contributed by atoms with Gasteiger partial charge in [0, 0.05) is 74.3 Å². The highest BCUT2D eigenvalue weighted by atomic mass is 16.5. The van der Waals surface area contributed by atoms with Gasteiger partial charge in [0.25, 0.3) is 0 Å². The number of anilines is 1. The first-order valence-electron chi connectivity index (χ1n) is 13.6.